The van der Waals surface area contributed by atoms with Gasteiger partial charge in [-0.25, -0.2) is 0 Å². The van der Waals surface area contributed by atoms with E-state index in [1.807, 2.05) is 30.3 Å². The fourth-order valence-corrected chi connectivity index (χ4v) is 2.14. The number of rotatable bonds is 3. The lowest BCUT2D eigenvalue weighted by Crippen LogP contribution is -1.97. The van der Waals surface area contributed by atoms with Crippen molar-refractivity contribution in [1.29, 1.82) is 0 Å². The van der Waals surface area contributed by atoms with Crippen molar-refractivity contribution in [2.75, 3.05) is 0 Å². The first-order chi connectivity index (χ1) is 8.99. The number of benzene rings is 2. The van der Waals surface area contributed by atoms with Crippen LogP contribution in [0.3, 0.4) is 0 Å². The van der Waals surface area contributed by atoms with E-state index in [1.54, 1.807) is 6.92 Å². The molecule has 19 heavy (non-hydrogen) atoms. The number of ether oxygens (including phenoxy) is 1. The minimum Gasteiger partial charge on any atom is -0.457 e. The summed E-state index contributed by atoms with van der Waals surface area (Å²) in [7, 11) is 0. The van der Waals surface area contributed by atoms with Crippen molar-refractivity contribution < 1.29 is 9.84 Å². The molecule has 0 fully saturated rings. The monoisotopic (exact) mass is 256 g/mol. The van der Waals surface area contributed by atoms with Crippen molar-refractivity contribution in [3.63, 3.8) is 0 Å². The van der Waals surface area contributed by atoms with Gasteiger partial charge in [-0.2, -0.15) is 0 Å². The Labute approximate surface area is 114 Å². The van der Waals surface area contributed by atoms with Crippen LogP contribution in [0.4, 0.5) is 0 Å². The van der Waals surface area contributed by atoms with Crippen molar-refractivity contribution >= 4 is 0 Å². The van der Waals surface area contributed by atoms with Gasteiger partial charge in [0.05, 0.1) is 6.10 Å². The lowest BCUT2D eigenvalue weighted by Gasteiger charge is -2.16. The zero-order valence-electron chi connectivity index (χ0n) is 11.9. The number of aliphatic hydroxyl groups excluding tert-OH is 1. The average molecular weight is 256 g/mol. The molecule has 2 rings (SSSR count). The lowest BCUT2D eigenvalue weighted by atomic mass is 10.1. The highest BCUT2D eigenvalue weighted by atomic mass is 16.5. The van der Waals surface area contributed by atoms with Crippen LogP contribution in [0.5, 0.6) is 11.5 Å². The first kappa shape index (κ1) is 13.6. The van der Waals surface area contributed by atoms with Gasteiger partial charge >= 0.3 is 0 Å². The molecule has 2 nitrogen and oxygen atoms in total. The Morgan fingerprint density at radius 1 is 1.00 bits per heavy atom. The molecule has 0 aliphatic heterocycles. The number of hydrogen-bond donors (Lipinski definition) is 1. The molecule has 100 valence electrons. The van der Waals surface area contributed by atoms with Crippen LogP contribution in [0.1, 0.15) is 35.3 Å². The summed E-state index contributed by atoms with van der Waals surface area (Å²) in [5.41, 5.74) is 4.32. The third-order valence-corrected chi connectivity index (χ3v) is 3.35. The van der Waals surface area contributed by atoms with E-state index in [0.717, 1.165) is 16.9 Å². The van der Waals surface area contributed by atoms with E-state index < -0.39 is 6.10 Å². The number of para-hydroxylation sites is 1. The molecule has 0 spiro atoms. The molecule has 0 saturated carbocycles. The van der Waals surface area contributed by atoms with Gasteiger partial charge in [0.1, 0.15) is 11.5 Å². The zero-order valence-corrected chi connectivity index (χ0v) is 11.9. The highest BCUT2D eigenvalue weighted by molar-refractivity contribution is 5.46. The fourth-order valence-electron chi connectivity index (χ4n) is 2.14. The van der Waals surface area contributed by atoms with Gasteiger partial charge in [0.15, 0.2) is 0 Å². The van der Waals surface area contributed by atoms with Crippen LogP contribution in [0.2, 0.25) is 0 Å². The van der Waals surface area contributed by atoms with Crippen molar-refractivity contribution in [2.24, 2.45) is 0 Å². The van der Waals surface area contributed by atoms with E-state index >= 15 is 0 Å². The van der Waals surface area contributed by atoms with E-state index in [2.05, 4.69) is 26.8 Å². The molecule has 0 saturated heterocycles. The Bertz CT molecular complexity index is 586. The second kappa shape index (κ2) is 5.45. The fraction of sp³-hybridized carbons (Fsp3) is 0.294. The molecule has 0 aliphatic rings. The van der Waals surface area contributed by atoms with Gasteiger partial charge < -0.3 is 9.84 Å². The molecule has 0 aliphatic carbocycles. The topological polar surface area (TPSA) is 29.5 Å². The van der Waals surface area contributed by atoms with E-state index in [1.165, 1.54) is 11.1 Å². The predicted molar refractivity (Wildman–Crippen MR) is 77.8 cm³/mol. The molecule has 0 amide bonds. The van der Waals surface area contributed by atoms with Crippen LogP contribution in [0.15, 0.2) is 36.4 Å². The third kappa shape index (κ3) is 2.96. The Morgan fingerprint density at radius 3 is 2.37 bits per heavy atom. The molecule has 1 unspecified atom stereocenters. The van der Waals surface area contributed by atoms with E-state index in [0.29, 0.717) is 5.75 Å². The molecule has 2 heteroatoms. The summed E-state index contributed by atoms with van der Waals surface area (Å²) in [6, 6.07) is 11.8. The minimum atomic E-state index is -0.539. The van der Waals surface area contributed by atoms with Gasteiger partial charge in [-0.3, -0.25) is 0 Å². The van der Waals surface area contributed by atoms with Gasteiger partial charge in [-0.15, -0.1) is 0 Å². The molecular formula is C17H20O2. The normalized spacial score (nSPS) is 12.3. The third-order valence-electron chi connectivity index (χ3n) is 3.35. The highest BCUT2D eigenvalue weighted by Crippen LogP contribution is 2.32. The smallest absolute Gasteiger partial charge is 0.133 e. The van der Waals surface area contributed by atoms with Crippen molar-refractivity contribution in [1.82, 2.24) is 0 Å². The van der Waals surface area contributed by atoms with Gasteiger partial charge in [0.25, 0.3) is 0 Å². The molecule has 1 atom stereocenters. The molecule has 2 aromatic carbocycles. The Kier molecular flexibility index (Phi) is 3.91. The molecule has 1 N–H and O–H groups in total. The number of aryl methyl sites for hydroxylation is 2. The highest BCUT2D eigenvalue weighted by Gasteiger charge is 2.11. The number of aliphatic hydroxyl groups is 1. The SMILES string of the molecule is Cc1cc(C)c(C)c(Oc2ccccc2C(C)O)c1. The lowest BCUT2D eigenvalue weighted by molar-refractivity contribution is 0.195. The van der Waals surface area contributed by atoms with Gasteiger partial charge in [0, 0.05) is 5.56 Å². The molecular weight excluding hydrogens is 236 g/mol. The van der Waals surface area contributed by atoms with Crippen LogP contribution in [-0.2, 0) is 0 Å². The zero-order chi connectivity index (χ0) is 14.0. The number of hydrogen-bond acceptors (Lipinski definition) is 2. The van der Waals surface area contributed by atoms with E-state index in [-0.39, 0.29) is 0 Å². The summed E-state index contributed by atoms with van der Waals surface area (Å²) >= 11 is 0. The Morgan fingerprint density at radius 2 is 1.68 bits per heavy atom. The summed E-state index contributed by atoms with van der Waals surface area (Å²) in [6.07, 6.45) is -0.539. The summed E-state index contributed by atoms with van der Waals surface area (Å²) < 4.78 is 6.00. The predicted octanol–water partition coefficient (Wildman–Crippen LogP) is 4.46. The maximum absolute atomic E-state index is 9.78. The maximum atomic E-state index is 9.78. The van der Waals surface area contributed by atoms with Crippen LogP contribution >= 0.6 is 0 Å². The van der Waals surface area contributed by atoms with Gasteiger partial charge in [-0.05, 0) is 56.5 Å². The largest absolute Gasteiger partial charge is 0.457 e. The van der Waals surface area contributed by atoms with E-state index in [9.17, 15) is 5.11 Å². The Balaban J connectivity index is 2.42. The minimum absolute atomic E-state index is 0.539. The second-order valence-electron chi connectivity index (χ2n) is 5.02. The average Bonchev–Trinajstić information content (AvgIpc) is 2.35. The molecule has 2 aromatic rings. The summed E-state index contributed by atoms with van der Waals surface area (Å²) in [5, 5.41) is 9.78. The van der Waals surface area contributed by atoms with Gasteiger partial charge in [-0.1, -0.05) is 24.3 Å². The first-order valence-corrected chi connectivity index (χ1v) is 6.51. The van der Waals surface area contributed by atoms with Crippen molar-refractivity contribution in [3.05, 3.63) is 58.7 Å². The van der Waals surface area contributed by atoms with Crippen LogP contribution in [0, 0.1) is 20.8 Å². The molecule has 0 heterocycles. The quantitative estimate of drug-likeness (QED) is 0.878. The van der Waals surface area contributed by atoms with E-state index in [4.69, 9.17) is 4.74 Å². The summed E-state index contributed by atoms with van der Waals surface area (Å²) in [4.78, 5) is 0. The molecule has 0 radical (unpaired) electrons. The second-order valence-corrected chi connectivity index (χ2v) is 5.02. The first-order valence-electron chi connectivity index (χ1n) is 6.51. The molecule has 0 bridgehead atoms. The standard InChI is InChI=1S/C17H20O2/c1-11-9-12(2)13(3)17(10-11)19-16-8-6-5-7-15(16)14(4)18/h5-10,14,18H,1-4H3. The van der Waals surface area contributed by atoms with Crippen molar-refractivity contribution in [2.45, 2.75) is 33.8 Å². The van der Waals surface area contributed by atoms with Crippen LogP contribution < -0.4 is 4.74 Å². The summed E-state index contributed by atoms with van der Waals surface area (Å²) in [6.45, 7) is 7.93. The molecule has 0 aromatic heterocycles. The van der Waals surface area contributed by atoms with Crippen LogP contribution in [0.25, 0.3) is 0 Å². The summed E-state index contributed by atoms with van der Waals surface area (Å²) in [5.74, 6) is 1.57. The van der Waals surface area contributed by atoms with Crippen LogP contribution in [-0.4, -0.2) is 5.11 Å². The maximum Gasteiger partial charge on any atom is 0.133 e. The Hall–Kier alpha value is -1.80. The van der Waals surface area contributed by atoms with Gasteiger partial charge in [0.2, 0.25) is 0 Å². The van der Waals surface area contributed by atoms with Crippen molar-refractivity contribution in [3.8, 4) is 11.5 Å².